The first kappa shape index (κ1) is 20.2. The third-order valence-corrected chi connectivity index (χ3v) is 4.15. The van der Waals surface area contributed by atoms with Crippen LogP contribution in [0.5, 0.6) is 0 Å². The highest BCUT2D eigenvalue weighted by atomic mass is 16.6. The summed E-state index contributed by atoms with van der Waals surface area (Å²) in [4.78, 5) is 0. The second-order valence-corrected chi connectivity index (χ2v) is 6.41. The summed E-state index contributed by atoms with van der Waals surface area (Å²) < 4.78 is 12.8. The highest BCUT2D eigenvalue weighted by Gasteiger charge is 2.28. The molecule has 0 aromatic heterocycles. The largest absolute Gasteiger partial charge is 0.494 e. The lowest BCUT2D eigenvalue weighted by molar-refractivity contribution is 0.0892. The average molecular weight is 318 g/mol. The van der Waals surface area contributed by atoms with Crippen LogP contribution in [0.4, 0.5) is 0 Å². The predicted molar refractivity (Wildman–Crippen MR) is 101 cm³/mol. The molecule has 0 heterocycles. The first-order chi connectivity index (χ1) is 11.2. The van der Waals surface area contributed by atoms with Crippen LogP contribution in [0.25, 0.3) is 0 Å². The van der Waals surface area contributed by atoms with E-state index in [9.17, 15) is 0 Å². The summed E-state index contributed by atoms with van der Waals surface area (Å²) in [5.74, 6) is 0. The standard InChI is InChI=1S/C20H35BO2/c1-5-12-19(13-6-2)22-21(18-16-10-9-11-17-18)23-20(14-7-3)15-8-4/h9-11,16-17,19-20H,5-8,12-15H2,1-4H3. The molecule has 0 aliphatic rings. The average Bonchev–Trinajstić information content (AvgIpc) is 2.56. The van der Waals surface area contributed by atoms with Crippen LogP contribution >= 0.6 is 0 Å². The SMILES string of the molecule is CCCC(CCC)OB(OC(CCC)CCC)c1ccccc1. The van der Waals surface area contributed by atoms with Crippen molar-refractivity contribution < 1.29 is 9.31 Å². The van der Waals surface area contributed by atoms with E-state index < -0.39 is 0 Å². The molecule has 0 aliphatic heterocycles. The number of benzene rings is 1. The summed E-state index contributed by atoms with van der Waals surface area (Å²) in [5, 5.41) is 0. The minimum absolute atomic E-state index is 0.234. The van der Waals surface area contributed by atoms with E-state index in [1.165, 1.54) is 0 Å². The Hall–Kier alpha value is -0.795. The minimum atomic E-state index is -0.234. The van der Waals surface area contributed by atoms with Crippen LogP contribution < -0.4 is 5.46 Å². The lowest BCUT2D eigenvalue weighted by Gasteiger charge is -2.26. The molecule has 0 spiro atoms. The second-order valence-electron chi connectivity index (χ2n) is 6.41. The topological polar surface area (TPSA) is 18.5 Å². The summed E-state index contributed by atoms with van der Waals surface area (Å²) in [6.45, 7) is 8.89. The van der Waals surface area contributed by atoms with Gasteiger partial charge in [0.15, 0.2) is 0 Å². The fraction of sp³-hybridized carbons (Fsp3) is 0.700. The molecule has 0 fully saturated rings. The molecule has 130 valence electrons. The Morgan fingerprint density at radius 1 is 0.696 bits per heavy atom. The van der Waals surface area contributed by atoms with E-state index in [0.29, 0.717) is 12.2 Å². The Labute approximate surface area is 144 Å². The Morgan fingerprint density at radius 3 is 1.43 bits per heavy atom. The minimum Gasteiger partial charge on any atom is -0.405 e. The van der Waals surface area contributed by atoms with Gasteiger partial charge in [-0.25, -0.2) is 0 Å². The molecule has 1 rings (SSSR count). The lowest BCUT2D eigenvalue weighted by Crippen LogP contribution is -2.42. The molecule has 0 bridgehead atoms. The molecule has 0 unspecified atom stereocenters. The van der Waals surface area contributed by atoms with Crippen molar-refractivity contribution in [2.24, 2.45) is 0 Å². The molecule has 1 aromatic carbocycles. The molecular formula is C20H35BO2. The highest BCUT2D eigenvalue weighted by molar-refractivity contribution is 6.61. The van der Waals surface area contributed by atoms with E-state index in [2.05, 4.69) is 52.0 Å². The van der Waals surface area contributed by atoms with Crippen LogP contribution in [-0.2, 0) is 9.31 Å². The summed E-state index contributed by atoms with van der Waals surface area (Å²) >= 11 is 0. The Bertz CT molecular complexity index is 352. The zero-order valence-electron chi connectivity index (χ0n) is 15.6. The van der Waals surface area contributed by atoms with Crippen molar-refractivity contribution >= 4 is 12.6 Å². The maximum Gasteiger partial charge on any atom is 0.494 e. The first-order valence-electron chi connectivity index (χ1n) is 9.60. The second kappa shape index (κ2) is 12.6. The summed E-state index contributed by atoms with van der Waals surface area (Å²) in [5.41, 5.74) is 1.14. The first-order valence-corrected chi connectivity index (χ1v) is 9.60. The molecule has 0 radical (unpaired) electrons. The molecule has 0 saturated carbocycles. The quantitative estimate of drug-likeness (QED) is 0.456. The van der Waals surface area contributed by atoms with E-state index in [4.69, 9.17) is 9.31 Å². The molecule has 0 atom stereocenters. The Kier molecular flexibility index (Phi) is 11.1. The van der Waals surface area contributed by atoms with E-state index in [1.807, 2.05) is 6.07 Å². The normalized spacial score (nSPS) is 11.4. The zero-order valence-corrected chi connectivity index (χ0v) is 15.6. The van der Waals surface area contributed by atoms with Crippen molar-refractivity contribution in [1.29, 1.82) is 0 Å². The molecule has 0 saturated heterocycles. The van der Waals surface area contributed by atoms with Crippen LogP contribution in [0, 0.1) is 0 Å². The maximum atomic E-state index is 6.42. The van der Waals surface area contributed by atoms with Gasteiger partial charge in [-0.15, -0.1) is 0 Å². The fourth-order valence-electron chi connectivity index (χ4n) is 3.00. The zero-order chi connectivity index (χ0) is 16.9. The van der Waals surface area contributed by atoms with Gasteiger partial charge < -0.3 is 9.31 Å². The predicted octanol–water partition coefficient (Wildman–Crippen LogP) is 5.35. The molecule has 0 aliphatic carbocycles. The van der Waals surface area contributed by atoms with Gasteiger partial charge >= 0.3 is 7.12 Å². The number of hydrogen-bond donors (Lipinski definition) is 0. The van der Waals surface area contributed by atoms with Crippen molar-refractivity contribution in [2.75, 3.05) is 0 Å². The Balaban J connectivity index is 2.83. The molecule has 2 nitrogen and oxygen atoms in total. The molecule has 23 heavy (non-hydrogen) atoms. The maximum absolute atomic E-state index is 6.42. The van der Waals surface area contributed by atoms with Crippen molar-refractivity contribution in [3.05, 3.63) is 30.3 Å². The van der Waals surface area contributed by atoms with Crippen LogP contribution in [0.2, 0.25) is 0 Å². The van der Waals surface area contributed by atoms with E-state index >= 15 is 0 Å². The lowest BCUT2D eigenvalue weighted by atomic mass is 9.77. The van der Waals surface area contributed by atoms with Crippen molar-refractivity contribution in [1.82, 2.24) is 0 Å². The van der Waals surface area contributed by atoms with Crippen LogP contribution in [0.15, 0.2) is 30.3 Å². The van der Waals surface area contributed by atoms with Gasteiger partial charge in [0.05, 0.1) is 0 Å². The van der Waals surface area contributed by atoms with E-state index in [1.54, 1.807) is 0 Å². The monoisotopic (exact) mass is 318 g/mol. The number of rotatable bonds is 13. The van der Waals surface area contributed by atoms with Crippen molar-refractivity contribution in [3.8, 4) is 0 Å². The molecule has 0 N–H and O–H groups in total. The summed E-state index contributed by atoms with van der Waals surface area (Å²) in [7, 11) is -0.234. The molecule has 1 aromatic rings. The fourth-order valence-corrected chi connectivity index (χ4v) is 3.00. The van der Waals surface area contributed by atoms with Crippen molar-refractivity contribution in [3.63, 3.8) is 0 Å². The molecule has 0 amide bonds. The number of hydrogen-bond acceptors (Lipinski definition) is 2. The molecule has 3 heteroatoms. The highest BCUT2D eigenvalue weighted by Crippen LogP contribution is 2.16. The summed E-state index contributed by atoms with van der Waals surface area (Å²) in [6, 6.07) is 10.4. The van der Waals surface area contributed by atoms with Gasteiger partial charge in [0.25, 0.3) is 0 Å². The van der Waals surface area contributed by atoms with Gasteiger partial charge in [0, 0.05) is 12.2 Å². The molecular weight excluding hydrogens is 283 g/mol. The van der Waals surface area contributed by atoms with Gasteiger partial charge in [-0.2, -0.15) is 0 Å². The van der Waals surface area contributed by atoms with Gasteiger partial charge in [0.2, 0.25) is 0 Å². The van der Waals surface area contributed by atoms with E-state index in [0.717, 1.165) is 56.8 Å². The smallest absolute Gasteiger partial charge is 0.405 e. The third kappa shape index (κ3) is 8.03. The van der Waals surface area contributed by atoms with Gasteiger partial charge in [0.1, 0.15) is 0 Å². The summed E-state index contributed by atoms with van der Waals surface area (Å²) in [6.07, 6.45) is 9.61. The van der Waals surface area contributed by atoms with Crippen LogP contribution in [0.1, 0.15) is 79.1 Å². The third-order valence-electron chi connectivity index (χ3n) is 4.15. The van der Waals surface area contributed by atoms with Gasteiger partial charge in [-0.3, -0.25) is 0 Å². The van der Waals surface area contributed by atoms with Crippen molar-refractivity contribution in [2.45, 2.75) is 91.3 Å². The van der Waals surface area contributed by atoms with Gasteiger partial charge in [-0.1, -0.05) is 83.7 Å². The van der Waals surface area contributed by atoms with E-state index in [-0.39, 0.29) is 7.12 Å². The van der Waals surface area contributed by atoms with Crippen LogP contribution in [0.3, 0.4) is 0 Å². The Morgan fingerprint density at radius 2 is 1.09 bits per heavy atom. The van der Waals surface area contributed by atoms with Crippen LogP contribution in [-0.4, -0.2) is 19.3 Å². The van der Waals surface area contributed by atoms with Gasteiger partial charge in [-0.05, 0) is 31.1 Å².